The fraction of sp³-hybridized carbons (Fsp3) is 0.667. The molecule has 0 N–H and O–H groups in total. The number of nitrogens with zero attached hydrogens (tertiary/aromatic N) is 2. The minimum Gasteiger partial charge on any atom is -0.281 e. The number of carbonyl (C=O) groups is 4. The Morgan fingerprint density at radius 2 is 1.38 bits per heavy atom. The molecule has 4 amide bonds. The van der Waals surface area contributed by atoms with Crippen molar-refractivity contribution in [2.24, 2.45) is 11.8 Å². The SMILES string of the molecule is CC(C)CN1C(=O)C=CC1=O.CS.CSC1CC(=O)N(CC(C)C)C1=O. The number of carbonyl (C=O) groups excluding carboxylic acids is 4. The van der Waals surface area contributed by atoms with Gasteiger partial charge < -0.3 is 0 Å². The first-order valence-corrected chi connectivity index (χ1v) is 10.7. The van der Waals surface area contributed by atoms with Gasteiger partial charge in [-0.1, -0.05) is 27.7 Å². The molecule has 6 nitrogen and oxygen atoms in total. The molecule has 0 spiro atoms. The number of thioether (sulfide) groups is 1. The molecule has 0 aromatic carbocycles. The fourth-order valence-corrected chi connectivity index (χ4v) is 3.01. The lowest BCUT2D eigenvalue weighted by atomic mass is 10.2. The molecule has 1 saturated heterocycles. The number of thiol groups is 1. The average Bonchev–Trinajstić information content (AvgIpc) is 3.04. The quantitative estimate of drug-likeness (QED) is 0.564. The number of hydrogen-bond acceptors (Lipinski definition) is 6. The van der Waals surface area contributed by atoms with Gasteiger partial charge in [0.15, 0.2) is 0 Å². The molecule has 2 rings (SSSR count). The average molecular weight is 403 g/mol. The molecule has 0 radical (unpaired) electrons. The van der Waals surface area contributed by atoms with Crippen molar-refractivity contribution < 1.29 is 19.2 Å². The van der Waals surface area contributed by atoms with Crippen LogP contribution in [-0.4, -0.2) is 64.3 Å². The Hall–Kier alpha value is -1.28. The molecule has 1 atom stereocenters. The van der Waals surface area contributed by atoms with Crippen molar-refractivity contribution in [2.45, 2.75) is 39.4 Å². The van der Waals surface area contributed by atoms with Crippen LogP contribution in [0.1, 0.15) is 34.1 Å². The van der Waals surface area contributed by atoms with E-state index in [1.54, 1.807) is 6.26 Å². The molecular weight excluding hydrogens is 372 g/mol. The molecule has 0 saturated carbocycles. The number of rotatable bonds is 5. The molecule has 1 unspecified atom stereocenters. The molecule has 0 aromatic rings. The minimum absolute atomic E-state index is 0.00815. The molecule has 1 fully saturated rings. The van der Waals surface area contributed by atoms with Crippen LogP contribution in [0.25, 0.3) is 0 Å². The Morgan fingerprint density at radius 1 is 0.962 bits per heavy atom. The number of likely N-dealkylation sites (tertiary alicyclic amines) is 1. The molecule has 148 valence electrons. The third kappa shape index (κ3) is 7.53. The first kappa shape index (κ1) is 24.7. The zero-order valence-electron chi connectivity index (χ0n) is 16.4. The first-order chi connectivity index (χ1) is 12.2. The Balaban J connectivity index is 0.000000444. The van der Waals surface area contributed by atoms with Gasteiger partial charge in [-0.15, -0.1) is 0 Å². The molecule has 26 heavy (non-hydrogen) atoms. The van der Waals surface area contributed by atoms with E-state index < -0.39 is 0 Å². The fourth-order valence-electron chi connectivity index (χ4n) is 2.37. The molecule has 0 aromatic heterocycles. The molecule has 0 bridgehead atoms. The summed E-state index contributed by atoms with van der Waals surface area (Å²) in [4.78, 5) is 47.5. The highest BCUT2D eigenvalue weighted by Crippen LogP contribution is 2.23. The van der Waals surface area contributed by atoms with Gasteiger partial charge in [-0.3, -0.25) is 29.0 Å². The second-order valence-electron chi connectivity index (χ2n) is 6.68. The van der Waals surface area contributed by atoms with Gasteiger partial charge in [0, 0.05) is 31.7 Å². The van der Waals surface area contributed by atoms with E-state index >= 15 is 0 Å². The van der Waals surface area contributed by atoms with E-state index in [0.717, 1.165) is 0 Å². The summed E-state index contributed by atoms with van der Waals surface area (Å²) in [5.74, 6) is 0.285. The van der Waals surface area contributed by atoms with Crippen LogP contribution >= 0.6 is 24.4 Å². The largest absolute Gasteiger partial charge is 0.281 e. The lowest BCUT2D eigenvalue weighted by molar-refractivity contribution is -0.139. The highest BCUT2D eigenvalue weighted by molar-refractivity contribution is 8.00. The van der Waals surface area contributed by atoms with Crippen molar-refractivity contribution in [1.29, 1.82) is 0 Å². The summed E-state index contributed by atoms with van der Waals surface area (Å²) in [7, 11) is 0. The van der Waals surface area contributed by atoms with E-state index in [9.17, 15) is 19.2 Å². The van der Waals surface area contributed by atoms with Crippen molar-refractivity contribution in [1.82, 2.24) is 9.80 Å². The van der Waals surface area contributed by atoms with E-state index in [2.05, 4.69) is 12.6 Å². The first-order valence-electron chi connectivity index (χ1n) is 8.52. The van der Waals surface area contributed by atoms with E-state index in [1.807, 2.05) is 34.0 Å². The van der Waals surface area contributed by atoms with Crippen molar-refractivity contribution >= 4 is 48.0 Å². The van der Waals surface area contributed by atoms with Crippen molar-refractivity contribution in [2.75, 3.05) is 25.6 Å². The van der Waals surface area contributed by atoms with Gasteiger partial charge in [0.25, 0.3) is 11.8 Å². The third-order valence-electron chi connectivity index (χ3n) is 3.48. The molecule has 8 heteroatoms. The summed E-state index contributed by atoms with van der Waals surface area (Å²) in [6, 6.07) is 0. The Morgan fingerprint density at radius 3 is 1.73 bits per heavy atom. The maximum absolute atomic E-state index is 11.6. The van der Waals surface area contributed by atoms with Crippen molar-refractivity contribution in [3.8, 4) is 0 Å². The summed E-state index contributed by atoms with van der Waals surface area (Å²) < 4.78 is 0. The van der Waals surface area contributed by atoms with Gasteiger partial charge in [0.2, 0.25) is 11.8 Å². The van der Waals surface area contributed by atoms with Crippen LogP contribution in [0.2, 0.25) is 0 Å². The second-order valence-corrected chi connectivity index (χ2v) is 7.72. The van der Waals surface area contributed by atoms with Gasteiger partial charge in [-0.05, 0) is 24.3 Å². The molecular formula is C18H30N2O4S2. The Kier molecular flexibility index (Phi) is 11.6. The van der Waals surface area contributed by atoms with E-state index in [1.165, 1.54) is 33.7 Å². The summed E-state index contributed by atoms with van der Waals surface area (Å²) in [5.41, 5.74) is 0. The van der Waals surface area contributed by atoms with Crippen LogP contribution < -0.4 is 0 Å². The van der Waals surface area contributed by atoms with Crippen LogP contribution in [-0.2, 0) is 19.2 Å². The smallest absolute Gasteiger partial charge is 0.253 e. The van der Waals surface area contributed by atoms with E-state index in [4.69, 9.17) is 0 Å². The van der Waals surface area contributed by atoms with Crippen molar-refractivity contribution in [3.05, 3.63) is 12.2 Å². The second kappa shape index (κ2) is 12.2. The molecule has 2 heterocycles. The Labute approximate surface area is 166 Å². The zero-order chi connectivity index (χ0) is 20.4. The monoisotopic (exact) mass is 402 g/mol. The van der Waals surface area contributed by atoms with Gasteiger partial charge in [0.1, 0.15) is 0 Å². The van der Waals surface area contributed by atoms with E-state index in [0.29, 0.717) is 31.3 Å². The minimum atomic E-state index is -0.191. The predicted molar refractivity (Wildman–Crippen MR) is 109 cm³/mol. The lowest BCUT2D eigenvalue weighted by Crippen LogP contribution is -2.34. The summed E-state index contributed by atoms with van der Waals surface area (Å²) in [5, 5.41) is -0.133. The zero-order valence-corrected chi connectivity index (χ0v) is 18.1. The van der Waals surface area contributed by atoms with Gasteiger partial charge >= 0.3 is 0 Å². The van der Waals surface area contributed by atoms with Crippen LogP contribution in [0.3, 0.4) is 0 Å². The molecule has 2 aliphatic heterocycles. The van der Waals surface area contributed by atoms with Crippen LogP contribution in [0.4, 0.5) is 0 Å². The Bertz CT molecular complexity index is 529. The maximum atomic E-state index is 11.6. The maximum Gasteiger partial charge on any atom is 0.253 e. The van der Waals surface area contributed by atoms with Gasteiger partial charge in [-0.25, -0.2) is 0 Å². The number of hydrogen-bond donors (Lipinski definition) is 1. The summed E-state index contributed by atoms with van der Waals surface area (Å²) >= 11 is 4.99. The van der Waals surface area contributed by atoms with Crippen LogP contribution in [0, 0.1) is 11.8 Å². The third-order valence-corrected chi connectivity index (χ3v) is 4.42. The van der Waals surface area contributed by atoms with E-state index in [-0.39, 0.29) is 28.9 Å². The lowest BCUT2D eigenvalue weighted by Gasteiger charge is -2.16. The summed E-state index contributed by atoms with van der Waals surface area (Å²) in [6.07, 6.45) is 6.57. The normalized spacial score (nSPS) is 19.2. The highest BCUT2D eigenvalue weighted by Gasteiger charge is 2.37. The number of imide groups is 2. The van der Waals surface area contributed by atoms with Crippen LogP contribution in [0.15, 0.2) is 12.2 Å². The van der Waals surface area contributed by atoms with Gasteiger partial charge in [0.05, 0.1) is 5.25 Å². The van der Waals surface area contributed by atoms with Gasteiger partial charge in [-0.2, -0.15) is 24.4 Å². The molecule has 2 aliphatic rings. The predicted octanol–water partition coefficient (Wildman–Crippen LogP) is 2.25. The topological polar surface area (TPSA) is 74.8 Å². The standard InChI is InChI=1S/C9H15NO2S.C8H11NO2.CH4S/c1-6(2)5-10-8(11)4-7(13-3)9(10)12;1-6(2)5-9-7(10)3-4-8(9)11;1-2/h6-7H,4-5H2,1-3H3;3-4,6H,5H2,1-2H3;2H,1H3. The summed E-state index contributed by atoms with van der Waals surface area (Å²) in [6.45, 7) is 9.04. The highest BCUT2D eigenvalue weighted by atomic mass is 32.2. The molecule has 0 aliphatic carbocycles. The van der Waals surface area contributed by atoms with Crippen LogP contribution in [0.5, 0.6) is 0 Å². The van der Waals surface area contributed by atoms with Crippen molar-refractivity contribution in [3.63, 3.8) is 0 Å². The number of amides is 4.